The Kier molecular flexibility index (Phi) is 6.22. The molecule has 156 valence electrons. The van der Waals surface area contributed by atoms with Crippen molar-refractivity contribution in [2.24, 2.45) is 0 Å². The first-order valence-electron chi connectivity index (χ1n) is 10.6. The first-order chi connectivity index (χ1) is 15.2. The van der Waals surface area contributed by atoms with E-state index in [9.17, 15) is 9.59 Å². The molecule has 0 radical (unpaired) electrons. The van der Waals surface area contributed by atoms with Crippen LogP contribution in [0.4, 0.5) is 5.69 Å². The number of fused-ring (bicyclic) bond motifs is 1. The summed E-state index contributed by atoms with van der Waals surface area (Å²) < 4.78 is 1.60. The molecular weight excluding hydrogens is 386 g/mol. The van der Waals surface area contributed by atoms with E-state index in [2.05, 4.69) is 11.9 Å². The van der Waals surface area contributed by atoms with Gasteiger partial charge in [0.2, 0.25) is 0 Å². The minimum atomic E-state index is -0.322. The highest BCUT2D eigenvalue weighted by molar-refractivity contribution is 6.07. The number of rotatable bonds is 7. The first-order valence-corrected chi connectivity index (χ1v) is 10.6. The highest BCUT2D eigenvalue weighted by atomic mass is 16.2. The fourth-order valence-electron chi connectivity index (χ4n) is 3.69. The van der Waals surface area contributed by atoms with E-state index < -0.39 is 0 Å². The summed E-state index contributed by atoms with van der Waals surface area (Å²) in [5.41, 5.74) is 2.19. The molecular formula is C26H25N3O2. The second kappa shape index (κ2) is 9.39. The Morgan fingerprint density at radius 3 is 2.39 bits per heavy atom. The molecule has 0 aliphatic heterocycles. The Morgan fingerprint density at radius 1 is 0.968 bits per heavy atom. The minimum Gasteiger partial charge on any atom is -0.308 e. The van der Waals surface area contributed by atoms with Gasteiger partial charge in [0.15, 0.2) is 0 Å². The third-order valence-corrected chi connectivity index (χ3v) is 5.31. The lowest BCUT2D eigenvalue weighted by molar-refractivity contribution is 0.0985. The Labute approximate surface area is 181 Å². The van der Waals surface area contributed by atoms with Gasteiger partial charge in [0, 0.05) is 23.8 Å². The number of para-hydroxylation sites is 1. The molecule has 0 saturated heterocycles. The van der Waals surface area contributed by atoms with Crippen molar-refractivity contribution >= 4 is 22.6 Å². The van der Waals surface area contributed by atoms with Crippen LogP contribution in [-0.2, 0) is 6.54 Å². The molecule has 0 unspecified atom stereocenters. The van der Waals surface area contributed by atoms with Crippen molar-refractivity contribution in [1.29, 1.82) is 0 Å². The third kappa shape index (κ3) is 4.40. The van der Waals surface area contributed by atoms with Crippen LogP contribution < -0.4 is 10.5 Å². The molecule has 0 aliphatic carbocycles. The van der Waals surface area contributed by atoms with Crippen molar-refractivity contribution in [3.63, 3.8) is 0 Å². The van der Waals surface area contributed by atoms with Crippen molar-refractivity contribution in [2.45, 2.75) is 26.3 Å². The minimum absolute atomic E-state index is 0.163. The lowest BCUT2D eigenvalue weighted by Gasteiger charge is -2.23. The molecule has 2 aromatic heterocycles. The third-order valence-electron chi connectivity index (χ3n) is 5.31. The Bertz CT molecular complexity index is 1230. The molecule has 5 heteroatoms. The molecule has 0 aliphatic rings. The van der Waals surface area contributed by atoms with Crippen LogP contribution in [-0.4, -0.2) is 22.0 Å². The summed E-state index contributed by atoms with van der Waals surface area (Å²) in [5, 5.41) is 0.768. The number of pyridine rings is 2. The van der Waals surface area contributed by atoms with Crippen molar-refractivity contribution < 1.29 is 4.79 Å². The Hall–Kier alpha value is -3.73. The standard InChI is InChI=1S/C26H25N3O2/c1-2-3-17-28(22-14-8-5-9-15-22)25(30)23-18-21-13-10-16-27-24(21)29(26(23)31)19-20-11-6-4-7-12-20/h4-16,18H,2-3,17,19H2,1H3. The molecule has 4 rings (SSSR count). The van der Waals surface area contributed by atoms with E-state index in [0.29, 0.717) is 18.7 Å². The van der Waals surface area contributed by atoms with Gasteiger partial charge >= 0.3 is 0 Å². The van der Waals surface area contributed by atoms with E-state index in [4.69, 9.17) is 0 Å². The molecule has 0 fully saturated rings. The quantitative estimate of drug-likeness (QED) is 0.435. The van der Waals surface area contributed by atoms with Gasteiger partial charge in [-0.25, -0.2) is 4.98 Å². The summed E-state index contributed by atoms with van der Waals surface area (Å²) >= 11 is 0. The summed E-state index contributed by atoms with van der Waals surface area (Å²) in [5.74, 6) is -0.280. The lowest BCUT2D eigenvalue weighted by atomic mass is 10.1. The van der Waals surface area contributed by atoms with Gasteiger partial charge in [0.25, 0.3) is 11.5 Å². The maximum absolute atomic E-state index is 13.6. The van der Waals surface area contributed by atoms with Crippen molar-refractivity contribution in [3.8, 4) is 0 Å². The fourth-order valence-corrected chi connectivity index (χ4v) is 3.69. The van der Waals surface area contributed by atoms with Crippen LogP contribution in [0.15, 0.2) is 89.9 Å². The van der Waals surface area contributed by atoms with Crippen LogP contribution in [0.5, 0.6) is 0 Å². The van der Waals surface area contributed by atoms with Crippen LogP contribution in [0.25, 0.3) is 11.0 Å². The number of hydrogen-bond acceptors (Lipinski definition) is 3. The van der Waals surface area contributed by atoms with Gasteiger partial charge in [-0.05, 0) is 42.3 Å². The van der Waals surface area contributed by atoms with Crippen LogP contribution in [0, 0.1) is 0 Å². The summed E-state index contributed by atoms with van der Waals surface area (Å²) in [4.78, 5) is 33.3. The predicted octanol–water partition coefficient (Wildman–Crippen LogP) is 4.89. The molecule has 31 heavy (non-hydrogen) atoms. The van der Waals surface area contributed by atoms with Gasteiger partial charge in [-0.1, -0.05) is 61.9 Å². The van der Waals surface area contributed by atoms with Crippen LogP contribution in [0.2, 0.25) is 0 Å². The molecule has 5 nitrogen and oxygen atoms in total. The van der Waals surface area contributed by atoms with Gasteiger partial charge < -0.3 is 4.90 Å². The van der Waals surface area contributed by atoms with Crippen LogP contribution in [0.1, 0.15) is 35.7 Å². The number of benzene rings is 2. The van der Waals surface area contributed by atoms with Crippen molar-refractivity contribution in [1.82, 2.24) is 9.55 Å². The summed E-state index contributed by atoms with van der Waals surface area (Å²) in [6, 6.07) is 24.7. The normalized spacial score (nSPS) is 10.9. The molecule has 0 bridgehead atoms. The molecule has 1 amide bonds. The van der Waals surface area contributed by atoms with E-state index in [0.717, 1.165) is 29.5 Å². The number of amides is 1. The molecule has 0 saturated carbocycles. The fraction of sp³-hybridized carbons (Fsp3) is 0.192. The van der Waals surface area contributed by atoms with Gasteiger partial charge in [0.1, 0.15) is 11.2 Å². The zero-order valence-electron chi connectivity index (χ0n) is 17.6. The van der Waals surface area contributed by atoms with E-state index >= 15 is 0 Å². The van der Waals surface area contributed by atoms with Gasteiger partial charge in [-0.2, -0.15) is 0 Å². The topological polar surface area (TPSA) is 55.2 Å². The largest absolute Gasteiger partial charge is 0.308 e. The highest BCUT2D eigenvalue weighted by Gasteiger charge is 2.23. The Balaban J connectivity index is 1.83. The van der Waals surface area contributed by atoms with Crippen molar-refractivity contribution in [2.75, 3.05) is 11.4 Å². The first kappa shape index (κ1) is 20.5. The number of hydrogen-bond donors (Lipinski definition) is 0. The number of carbonyl (C=O) groups is 1. The molecule has 0 N–H and O–H groups in total. The maximum Gasteiger partial charge on any atom is 0.265 e. The molecule has 2 aromatic carbocycles. The number of anilines is 1. The molecule has 2 heterocycles. The van der Waals surface area contributed by atoms with Gasteiger partial charge in [-0.3, -0.25) is 14.2 Å². The van der Waals surface area contributed by atoms with Gasteiger partial charge in [-0.15, -0.1) is 0 Å². The zero-order chi connectivity index (χ0) is 21.6. The number of unbranched alkanes of at least 4 members (excludes halogenated alkanes) is 1. The van der Waals surface area contributed by atoms with Crippen LogP contribution in [0.3, 0.4) is 0 Å². The summed E-state index contributed by atoms with van der Waals surface area (Å²) in [6.45, 7) is 3.00. The second-order valence-electron chi connectivity index (χ2n) is 7.50. The average molecular weight is 412 g/mol. The number of carbonyl (C=O) groups excluding carboxylic acids is 1. The van der Waals surface area contributed by atoms with E-state index in [1.807, 2.05) is 72.8 Å². The summed E-state index contributed by atoms with van der Waals surface area (Å²) in [6.07, 6.45) is 3.48. The highest BCUT2D eigenvalue weighted by Crippen LogP contribution is 2.19. The Morgan fingerprint density at radius 2 is 1.68 bits per heavy atom. The monoisotopic (exact) mass is 411 g/mol. The number of nitrogens with zero attached hydrogens (tertiary/aromatic N) is 3. The number of aromatic nitrogens is 2. The summed E-state index contributed by atoms with van der Waals surface area (Å²) in [7, 11) is 0. The van der Waals surface area contributed by atoms with Crippen LogP contribution >= 0.6 is 0 Å². The second-order valence-corrected chi connectivity index (χ2v) is 7.50. The smallest absolute Gasteiger partial charge is 0.265 e. The molecule has 4 aromatic rings. The lowest BCUT2D eigenvalue weighted by Crippen LogP contribution is -2.37. The zero-order valence-corrected chi connectivity index (χ0v) is 17.6. The van der Waals surface area contributed by atoms with E-state index in [1.54, 1.807) is 21.7 Å². The molecule has 0 spiro atoms. The molecule has 0 atom stereocenters. The maximum atomic E-state index is 13.6. The SMILES string of the molecule is CCCCN(C(=O)c1cc2cccnc2n(Cc2ccccc2)c1=O)c1ccccc1. The predicted molar refractivity (Wildman–Crippen MR) is 125 cm³/mol. The van der Waals surface area contributed by atoms with E-state index in [1.165, 1.54) is 0 Å². The average Bonchev–Trinajstić information content (AvgIpc) is 2.82. The van der Waals surface area contributed by atoms with Crippen molar-refractivity contribution in [3.05, 3.63) is 107 Å². The van der Waals surface area contributed by atoms with Gasteiger partial charge in [0.05, 0.1) is 6.54 Å². The van der Waals surface area contributed by atoms with E-state index in [-0.39, 0.29) is 17.0 Å².